The van der Waals surface area contributed by atoms with E-state index in [0.29, 0.717) is 11.1 Å². The number of anilines is 1. The molecular weight excluding hydrogens is 252 g/mol. The molecule has 0 aliphatic heterocycles. The zero-order chi connectivity index (χ0) is 14.3. The Bertz CT molecular complexity index is 446. The molecule has 1 fully saturated rings. The van der Waals surface area contributed by atoms with Gasteiger partial charge in [-0.05, 0) is 31.6 Å². The summed E-state index contributed by atoms with van der Waals surface area (Å²) in [7, 11) is 0. The summed E-state index contributed by atoms with van der Waals surface area (Å²) < 4.78 is 5.51. The van der Waals surface area contributed by atoms with Crippen LogP contribution in [0.2, 0.25) is 0 Å². The molecule has 1 aliphatic rings. The van der Waals surface area contributed by atoms with Crippen molar-refractivity contribution >= 4 is 5.82 Å². The number of aromatic nitrogens is 2. The molecule has 0 spiro atoms. The van der Waals surface area contributed by atoms with Crippen LogP contribution in [0.15, 0.2) is 12.4 Å². The van der Waals surface area contributed by atoms with Crippen molar-refractivity contribution in [2.75, 3.05) is 25.1 Å². The maximum atomic E-state index is 8.71. The first-order chi connectivity index (χ1) is 9.78. The molecule has 5 nitrogen and oxygen atoms in total. The lowest BCUT2D eigenvalue weighted by Gasteiger charge is -2.29. The minimum absolute atomic E-state index is 0.324. The van der Waals surface area contributed by atoms with E-state index in [4.69, 9.17) is 10.00 Å². The molecule has 0 aromatic carbocycles. The van der Waals surface area contributed by atoms with E-state index in [2.05, 4.69) is 15.3 Å². The third-order valence-electron chi connectivity index (χ3n) is 4.06. The van der Waals surface area contributed by atoms with Crippen molar-refractivity contribution < 1.29 is 4.74 Å². The summed E-state index contributed by atoms with van der Waals surface area (Å²) in [6.45, 7) is 4.55. The molecular formula is C15H22N4O. The number of ether oxygens (including phenoxy) is 1. The smallest absolute Gasteiger partial charge is 0.158 e. The molecule has 1 aromatic heterocycles. The second kappa shape index (κ2) is 7.20. The normalized spacial score (nSPS) is 16.8. The Hall–Kier alpha value is -1.67. The van der Waals surface area contributed by atoms with Crippen LogP contribution in [0.25, 0.3) is 0 Å². The molecule has 0 unspecified atom stereocenters. The minimum atomic E-state index is 0.324. The van der Waals surface area contributed by atoms with Gasteiger partial charge in [0.15, 0.2) is 5.69 Å². The molecule has 1 saturated carbocycles. The van der Waals surface area contributed by atoms with Crippen LogP contribution in [0.5, 0.6) is 0 Å². The Morgan fingerprint density at radius 1 is 1.35 bits per heavy atom. The van der Waals surface area contributed by atoms with Gasteiger partial charge in [0.1, 0.15) is 11.9 Å². The quantitative estimate of drug-likeness (QED) is 0.774. The van der Waals surface area contributed by atoms with Gasteiger partial charge >= 0.3 is 0 Å². The number of nitrogens with zero attached hydrogens (tertiary/aromatic N) is 3. The average Bonchev–Trinajstić information content (AvgIpc) is 2.95. The van der Waals surface area contributed by atoms with Gasteiger partial charge in [0.25, 0.3) is 0 Å². The topological polar surface area (TPSA) is 70.8 Å². The summed E-state index contributed by atoms with van der Waals surface area (Å²) in [5.41, 5.74) is 0.674. The summed E-state index contributed by atoms with van der Waals surface area (Å²) in [4.78, 5) is 8.24. The van der Waals surface area contributed by atoms with Gasteiger partial charge in [-0.3, -0.25) is 0 Å². The SMILES string of the molecule is CCOCCC1(CNc2cnc(C#N)cn2)CCCC1. The first kappa shape index (κ1) is 14.7. The highest BCUT2D eigenvalue weighted by atomic mass is 16.5. The molecule has 0 amide bonds. The lowest BCUT2D eigenvalue weighted by atomic mass is 9.83. The van der Waals surface area contributed by atoms with Crippen LogP contribution in [0.3, 0.4) is 0 Å². The lowest BCUT2D eigenvalue weighted by molar-refractivity contribution is 0.108. The fourth-order valence-electron chi connectivity index (χ4n) is 2.83. The molecule has 0 atom stereocenters. The number of hydrogen-bond donors (Lipinski definition) is 1. The minimum Gasteiger partial charge on any atom is -0.382 e. The lowest BCUT2D eigenvalue weighted by Crippen LogP contribution is -2.28. The molecule has 1 aromatic rings. The van der Waals surface area contributed by atoms with E-state index in [1.807, 2.05) is 13.0 Å². The Morgan fingerprint density at radius 3 is 2.75 bits per heavy atom. The van der Waals surface area contributed by atoms with Gasteiger partial charge in [-0.1, -0.05) is 12.8 Å². The van der Waals surface area contributed by atoms with E-state index in [9.17, 15) is 0 Å². The van der Waals surface area contributed by atoms with Crippen molar-refractivity contribution in [1.29, 1.82) is 5.26 Å². The van der Waals surface area contributed by atoms with Crippen molar-refractivity contribution in [3.63, 3.8) is 0 Å². The van der Waals surface area contributed by atoms with Crippen molar-refractivity contribution in [3.8, 4) is 6.07 Å². The van der Waals surface area contributed by atoms with Crippen molar-refractivity contribution in [2.45, 2.75) is 39.0 Å². The number of nitriles is 1. The molecule has 5 heteroatoms. The fraction of sp³-hybridized carbons (Fsp3) is 0.667. The van der Waals surface area contributed by atoms with E-state index < -0.39 is 0 Å². The Morgan fingerprint density at radius 2 is 2.15 bits per heavy atom. The predicted octanol–water partition coefficient (Wildman–Crippen LogP) is 2.75. The maximum absolute atomic E-state index is 8.71. The predicted molar refractivity (Wildman–Crippen MR) is 77.2 cm³/mol. The molecule has 20 heavy (non-hydrogen) atoms. The van der Waals surface area contributed by atoms with Crippen LogP contribution in [0.1, 0.15) is 44.7 Å². The van der Waals surface area contributed by atoms with Crippen LogP contribution in [-0.2, 0) is 4.74 Å². The Labute approximate surface area is 120 Å². The molecule has 108 valence electrons. The number of rotatable bonds is 7. The largest absolute Gasteiger partial charge is 0.382 e. The summed E-state index contributed by atoms with van der Waals surface area (Å²) in [6.07, 6.45) is 9.32. The number of nitrogens with one attached hydrogen (secondary N) is 1. The number of hydrogen-bond acceptors (Lipinski definition) is 5. The second-order valence-corrected chi connectivity index (χ2v) is 5.41. The molecule has 1 N–H and O–H groups in total. The van der Waals surface area contributed by atoms with Gasteiger partial charge in [-0.15, -0.1) is 0 Å². The third kappa shape index (κ3) is 3.91. The van der Waals surface area contributed by atoms with Gasteiger partial charge in [-0.25, -0.2) is 9.97 Å². The van der Waals surface area contributed by atoms with Crippen LogP contribution < -0.4 is 5.32 Å². The van der Waals surface area contributed by atoms with E-state index in [1.165, 1.54) is 31.9 Å². The molecule has 0 bridgehead atoms. The molecule has 2 rings (SSSR count). The maximum Gasteiger partial charge on any atom is 0.158 e. The monoisotopic (exact) mass is 274 g/mol. The standard InChI is InChI=1S/C15H22N4O/c1-2-20-8-7-15(5-3-4-6-15)12-19-14-11-17-13(9-16)10-18-14/h10-11H,2-8,12H2,1H3,(H,18,19). The van der Waals surface area contributed by atoms with Crippen molar-refractivity contribution in [2.24, 2.45) is 5.41 Å². The second-order valence-electron chi connectivity index (χ2n) is 5.41. The molecule has 1 aliphatic carbocycles. The van der Waals surface area contributed by atoms with Gasteiger partial charge in [0, 0.05) is 19.8 Å². The van der Waals surface area contributed by atoms with Crippen LogP contribution in [-0.4, -0.2) is 29.7 Å². The first-order valence-electron chi connectivity index (χ1n) is 7.32. The summed E-state index contributed by atoms with van der Waals surface area (Å²) >= 11 is 0. The summed E-state index contributed by atoms with van der Waals surface area (Å²) in [5.74, 6) is 0.742. The Balaban J connectivity index is 1.89. The zero-order valence-electron chi connectivity index (χ0n) is 12.1. The van der Waals surface area contributed by atoms with Gasteiger partial charge in [0.05, 0.1) is 12.4 Å². The van der Waals surface area contributed by atoms with Gasteiger partial charge < -0.3 is 10.1 Å². The van der Waals surface area contributed by atoms with Crippen LogP contribution >= 0.6 is 0 Å². The van der Waals surface area contributed by atoms with E-state index >= 15 is 0 Å². The van der Waals surface area contributed by atoms with Crippen LogP contribution in [0, 0.1) is 16.7 Å². The third-order valence-corrected chi connectivity index (χ3v) is 4.06. The van der Waals surface area contributed by atoms with E-state index in [0.717, 1.165) is 32.0 Å². The van der Waals surface area contributed by atoms with Crippen molar-refractivity contribution in [1.82, 2.24) is 9.97 Å². The highest BCUT2D eigenvalue weighted by Crippen LogP contribution is 2.41. The highest BCUT2D eigenvalue weighted by Gasteiger charge is 2.33. The molecule has 0 radical (unpaired) electrons. The van der Waals surface area contributed by atoms with Crippen LogP contribution in [0.4, 0.5) is 5.82 Å². The van der Waals surface area contributed by atoms with E-state index in [1.54, 1.807) is 6.20 Å². The molecule has 1 heterocycles. The Kier molecular flexibility index (Phi) is 5.31. The summed E-state index contributed by atoms with van der Waals surface area (Å²) in [6, 6.07) is 1.98. The fourth-order valence-corrected chi connectivity index (χ4v) is 2.83. The van der Waals surface area contributed by atoms with E-state index in [-0.39, 0.29) is 0 Å². The zero-order valence-corrected chi connectivity index (χ0v) is 12.1. The summed E-state index contributed by atoms with van der Waals surface area (Å²) in [5, 5.41) is 12.1. The van der Waals surface area contributed by atoms with Gasteiger partial charge in [0.2, 0.25) is 0 Å². The van der Waals surface area contributed by atoms with Gasteiger partial charge in [-0.2, -0.15) is 5.26 Å². The highest BCUT2D eigenvalue weighted by molar-refractivity contribution is 5.33. The van der Waals surface area contributed by atoms with Crippen molar-refractivity contribution in [3.05, 3.63) is 18.1 Å². The average molecular weight is 274 g/mol. The first-order valence-corrected chi connectivity index (χ1v) is 7.32. The molecule has 0 saturated heterocycles.